The molecule has 1 N–H and O–H groups in total. The monoisotopic (exact) mass is 331 g/mol. The molecule has 1 aromatic rings. The Morgan fingerprint density at radius 3 is 2.38 bits per heavy atom. The molecule has 0 bridgehead atoms. The summed E-state index contributed by atoms with van der Waals surface area (Å²) in [6.07, 6.45) is 1.11. The highest BCUT2D eigenvalue weighted by Gasteiger charge is 2.39. The van der Waals surface area contributed by atoms with E-state index >= 15 is 0 Å². The van der Waals surface area contributed by atoms with Crippen LogP contribution in [0.25, 0.3) is 0 Å². The number of nitrogens with one attached hydrogen (secondary N) is 1. The minimum Gasteiger partial charge on any atom is -0.378 e. The predicted octanol–water partition coefficient (Wildman–Crippen LogP) is 2.06. The summed E-state index contributed by atoms with van der Waals surface area (Å²) in [6.45, 7) is 7.12. The van der Waals surface area contributed by atoms with E-state index in [2.05, 4.69) is 34.5 Å². The molecule has 0 aliphatic carbocycles. The normalized spacial score (nSPS) is 18.0. The van der Waals surface area contributed by atoms with Gasteiger partial charge in [-0.15, -0.1) is 0 Å². The predicted molar refractivity (Wildman–Crippen MR) is 97.1 cm³/mol. The number of amides is 2. The molecule has 5 nitrogen and oxygen atoms in total. The third kappa shape index (κ3) is 4.49. The fraction of sp³-hybridized carbons (Fsp3) is 0.579. The molecule has 1 aliphatic rings. The van der Waals surface area contributed by atoms with Crippen LogP contribution in [-0.2, 0) is 16.0 Å². The van der Waals surface area contributed by atoms with Gasteiger partial charge in [0.1, 0.15) is 0 Å². The summed E-state index contributed by atoms with van der Waals surface area (Å²) in [6, 6.07) is 8.33. The molecule has 24 heavy (non-hydrogen) atoms. The molecule has 0 aromatic heterocycles. The number of carbonyl (C=O) groups excluding carboxylic acids is 2. The Balaban J connectivity index is 1.80. The van der Waals surface area contributed by atoms with Gasteiger partial charge in [-0.05, 0) is 44.9 Å². The quantitative estimate of drug-likeness (QED) is 0.898. The lowest BCUT2D eigenvalue weighted by atomic mass is 10.1. The summed E-state index contributed by atoms with van der Waals surface area (Å²) >= 11 is 0. The lowest BCUT2D eigenvalue weighted by Crippen LogP contribution is -2.43. The highest BCUT2D eigenvalue weighted by molar-refractivity contribution is 5.89. The molecule has 1 aliphatic heterocycles. The first kappa shape index (κ1) is 18.3. The van der Waals surface area contributed by atoms with E-state index in [1.807, 2.05) is 34.9 Å². The fourth-order valence-electron chi connectivity index (χ4n) is 2.97. The Morgan fingerprint density at radius 1 is 1.25 bits per heavy atom. The molecular formula is C19H29N3O2. The summed E-state index contributed by atoms with van der Waals surface area (Å²) in [5.41, 5.74) is 2.13. The van der Waals surface area contributed by atoms with Crippen LogP contribution >= 0.6 is 0 Å². The summed E-state index contributed by atoms with van der Waals surface area (Å²) in [4.78, 5) is 28.2. The first-order chi connectivity index (χ1) is 11.2. The smallest absolute Gasteiger partial charge is 0.225 e. The van der Waals surface area contributed by atoms with Crippen LogP contribution in [-0.4, -0.2) is 49.4 Å². The summed E-state index contributed by atoms with van der Waals surface area (Å²) < 4.78 is 0. The maximum absolute atomic E-state index is 12.3. The number of nitrogens with zero attached hydrogens (tertiary/aromatic N) is 2. The van der Waals surface area contributed by atoms with Crippen molar-refractivity contribution < 1.29 is 9.59 Å². The highest BCUT2D eigenvalue weighted by Crippen LogP contribution is 2.25. The van der Waals surface area contributed by atoms with Gasteiger partial charge in [-0.2, -0.15) is 0 Å². The van der Waals surface area contributed by atoms with E-state index in [4.69, 9.17) is 0 Å². The van der Waals surface area contributed by atoms with Crippen LogP contribution in [0.5, 0.6) is 0 Å². The van der Waals surface area contributed by atoms with Gasteiger partial charge in [0, 0.05) is 44.8 Å². The second-order valence-corrected chi connectivity index (χ2v) is 7.68. The highest BCUT2D eigenvalue weighted by atomic mass is 16.2. The molecule has 0 radical (unpaired) electrons. The van der Waals surface area contributed by atoms with Crippen molar-refractivity contribution in [3.05, 3.63) is 29.8 Å². The van der Waals surface area contributed by atoms with Crippen LogP contribution < -0.4 is 10.2 Å². The van der Waals surface area contributed by atoms with E-state index in [9.17, 15) is 9.59 Å². The van der Waals surface area contributed by atoms with Crippen LogP contribution in [0, 0.1) is 5.92 Å². The van der Waals surface area contributed by atoms with Crippen molar-refractivity contribution in [3.8, 4) is 0 Å². The molecular weight excluding hydrogens is 302 g/mol. The molecule has 132 valence electrons. The van der Waals surface area contributed by atoms with Gasteiger partial charge < -0.3 is 15.1 Å². The number of anilines is 1. The molecule has 1 fully saturated rings. The zero-order valence-electron chi connectivity index (χ0n) is 15.4. The van der Waals surface area contributed by atoms with E-state index in [1.165, 1.54) is 5.56 Å². The van der Waals surface area contributed by atoms with Crippen molar-refractivity contribution in [1.29, 1.82) is 0 Å². The lowest BCUT2D eigenvalue weighted by molar-refractivity contribution is -0.132. The fourth-order valence-corrected chi connectivity index (χ4v) is 2.97. The standard InChI is InChI=1S/C19H29N3O2/c1-19(2,3)22-13-15(12-17(22)23)18(24)20-11-10-14-6-8-16(9-7-14)21(4)5/h6-9,15H,10-13H2,1-5H3,(H,20,24)/t15-/m1/s1. The van der Waals surface area contributed by atoms with Crippen LogP contribution in [0.4, 0.5) is 5.69 Å². The van der Waals surface area contributed by atoms with E-state index in [1.54, 1.807) is 4.90 Å². The second kappa shape index (κ2) is 7.24. The van der Waals surface area contributed by atoms with Gasteiger partial charge in [0.05, 0.1) is 5.92 Å². The molecule has 1 saturated heterocycles. The average Bonchev–Trinajstić information content (AvgIpc) is 2.90. The van der Waals surface area contributed by atoms with Crippen LogP contribution in [0.2, 0.25) is 0 Å². The maximum atomic E-state index is 12.3. The van der Waals surface area contributed by atoms with E-state index in [0.717, 1.165) is 12.1 Å². The summed E-state index contributed by atoms with van der Waals surface area (Å²) in [7, 11) is 4.03. The molecule has 1 atom stereocenters. The summed E-state index contributed by atoms with van der Waals surface area (Å²) in [5.74, 6) is -0.172. The van der Waals surface area contributed by atoms with Crippen LogP contribution in [0.1, 0.15) is 32.8 Å². The number of rotatable bonds is 5. The third-order valence-corrected chi connectivity index (χ3v) is 4.47. The van der Waals surface area contributed by atoms with Gasteiger partial charge in [-0.1, -0.05) is 12.1 Å². The largest absolute Gasteiger partial charge is 0.378 e. The minimum atomic E-state index is -0.229. The first-order valence-electron chi connectivity index (χ1n) is 8.53. The number of carbonyl (C=O) groups is 2. The molecule has 0 spiro atoms. The molecule has 1 heterocycles. The molecule has 2 rings (SSSR count). The van der Waals surface area contributed by atoms with Crippen molar-refractivity contribution >= 4 is 17.5 Å². The van der Waals surface area contributed by atoms with Gasteiger partial charge in [0.2, 0.25) is 11.8 Å². The van der Waals surface area contributed by atoms with Crippen molar-refractivity contribution in [1.82, 2.24) is 10.2 Å². The van der Waals surface area contributed by atoms with Crippen molar-refractivity contribution in [2.45, 2.75) is 39.2 Å². The second-order valence-electron chi connectivity index (χ2n) is 7.68. The van der Waals surface area contributed by atoms with Gasteiger partial charge in [0.25, 0.3) is 0 Å². The van der Waals surface area contributed by atoms with Gasteiger partial charge in [-0.3, -0.25) is 9.59 Å². The Morgan fingerprint density at radius 2 is 1.88 bits per heavy atom. The van der Waals surface area contributed by atoms with E-state index in [0.29, 0.717) is 19.5 Å². The molecule has 0 saturated carbocycles. The molecule has 0 unspecified atom stereocenters. The Bertz CT molecular complexity index is 588. The lowest BCUT2D eigenvalue weighted by Gasteiger charge is -2.31. The molecule has 5 heteroatoms. The Kier molecular flexibility index (Phi) is 5.52. The van der Waals surface area contributed by atoms with Crippen LogP contribution in [0.3, 0.4) is 0 Å². The number of hydrogen-bond donors (Lipinski definition) is 1. The topological polar surface area (TPSA) is 52.7 Å². The number of likely N-dealkylation sites (tertiary alicyclic amines) is 1. The minimum absolute atomic E-state index is 0.0139. The Labute approximate surface area is 145 Å². The third-order valence-electron chi connectivity index (χ3n) is 4.47. The first-order valence-corrected chi connectivity index (χ1v) is 8.53. The summed E-state index contributed by atoms with van der Waals surface area (Å²) in [5, 5.41) is 2.97. The average molecular weight is 331 g/mol. The van der Waals surface area contributed by atoms with Gasteiger partial charge in [-0.25, -0.2) is 0 Å². The zero-order valence-corrected chi connectivity index (χ0v) is 15.4. The van der Waals surface area contributed by atoms with E-state index in [-0.39, 0.29) is 23.3 Å². The van der Waals surface area contributed by atoms with Gasteiger partial charge >= 0.3 is 0 Å². The number of hydrogen-bond acceptors (Lipinski definition) is 3. The maximum Gasteiger partial charge on any atom is 0.225 e. The van der Waals surface area contributed by atoms with Crippen molar-refractivity contribution in [2.24, 2.45) is 5.92 Å². The van der Waals surface area contributed by atoms with Crippen molar-refractivity contribution in [3.63, 3.8) is 0 Å². The van der Waals surface area contributed by atoms with Crippen molar-refractivity contribution in [2.75, 3.05) is 32.1 Å². The zero-order chi connectivity index (χ0) is 17.9. The molecule has 2 amide bonds. The van der Waals surface area contributed by atoms with E-state index < -0.39 is 0 Å². The SMILES string of the molecule is CN(C)c1ccc(CCNC(=O)[C@@H]2CC(=O)N(C(C)(C)C)C2)cc1. The van der Waals surface area contributed by atoms with Crippen LogP contribution in [0.15, 0.2) is 24.3 Å². The van der Waals surface area contributed by atoms with Gasteiger partial charge in [0.15, 0.2) is 0 Å². The number of benzene rings is 1. The molecule has 1 aromatic carbocycles. The Hall–Kier alpha value is -2.04.